The zero-order valence-electron chi connectivity index (χ0n) is 6.85. The first-order chi connectivity index (χ1) is 4.27. The number of hydrogen-bond acceptors (Lipinski definition) is 2. The molecule has 0 heterocycles. The Morgan fingerprint density at radius 1 is 1.44 bits per heavy atom. The summed E-state index contributed by atoms with van der Waals surface area (Å²) in [5, 5.41) is 4.64. The van der Waals surface area contributed by atoms with E-state index in [-0.39, 0.29) is 8.31 Å². The number of hydrogen-bond donors (Lipinski definition) is 2. The monoisotopic (exact) mass is 180 g/mol. The van der Waals surface area contributed by atoms with Gasteiger partial charge in [-0.25, -0.2) is 0 Å². The lowest BCUT2D eigenvalue weighted by Crippen LogP contribution is -2.09. The molecule has 5 heteroatoms. The average molecular weight is 180 g/mol. The summed E-state index contributed by atoms with van der Waals surface area (Å²) in [6.07, 6.45) is 1.27. The van der Waals surface area contributed by atoms with Crippen LogP contribution in [-0.2, 0) is 0 Å². The van der Waals surface area contributed by atoms with E-state index in [1.54, 1.807) is 0 Å². The molecule has 0 amide bonds. The van der Waals surface area contributed by atoms with Crippen molar-refractivity contribution in [3.8, 4) is 0 Å². The summed E-state index contributed by atoms with van der Waals surface area (Å²) in [5.41, 5.74) is 5.31. The van der Waals surface area contributed by atoms with E-state index in [1.807, 2.05) is 0 Å². The Bertz CT molecular complexity index is 42.8. The molecule has 58 valence electrons. The van der Waals surface area contributed by atoms with E-state index in [0.29, 0.717) is 0 Å². The first-order valence-corrected chi connectivity index (χ1v) is 11.3. The van der Waals surface area contributed by atoms with Gasteiger partial charge in [-0.3, -0.25) is 0 Å². The van der Waals surface area contributed by atoms with E-state index in [4.69, 9.17) is 5.73 Å². The second-order valence-electron chi connectivity index (χ2n) is 2.32. The molecule has 0 aliphatic rings. The molecule has 1 unspecified atom stereocenters. The Balaban J connectivity index is 0. The summed E-state index contributed by atoms with van der Waals surface area (Å²) in [7, 11) is 2.14. The third kappa shape index (κ3) is 17.7. The van der Waals surface area contributed by atoms with Crippen LogP contribution in [0.2, 0.25) is 12.6 Å². The van der Waals surface area contributed by atoms with E-state index in [9.17, 15) is 0 Å². The van der Waals surface area contributed by atoms with Gasteiger partial charge in [0, 0.05) is 8.31 Å². The highest BCUT2D eigenvalue weighted by Crippen LogP contribution is 1.89. The van der Waals surface area contributed by atoms with E-state index in [2.05, 4.69) is 11.9 Å². The van der Waals surface area contributed by atoms with Gasteiger partial charge in [0.1, 0.15) is 0 Å². The lowest BCUT2D eigenvalue weighted by atomic mass is 10.5. The topological polar surface area (TPSA) is 52.0 Å². The maximum absolute atomic E-state index is 5.31. The van der Waals surface area contributed by atoms with Gasteiger partial charge in [-0.05, 0) is 22.7 Å². The Kier molecular flexibility index (Phi) is 15.5. The van der Waals surface area contributed by atoms with Gasteiger partial charge in [0.15, 0.2) is 0 Å². The Morgan fingerprint density at radius 3 is 2.00 bits per heavy atom. The first-order valence-electron chi connectivity index (χ1n) is 3.55. The molecule has 4 N–H and O–H groups in total. The SMILES string of the molecule is C[SiH]([SiH3])CCCN.N[SiH3]. The van der Waals surface area contributed by atoms with Crippen molar-refractivity contribution < 1.29 is 0 Å². The van der Waals surface area contributed by atoms with Crippen molar-refractivity contribution in [2.45, 2.75) is 19.0 Å². The van der Waals surface area contributed by atoms with Gasteiger partial charge < -0.3 is 11.1 Å². The van der Waals surface area contributed by atoms with Crippen molar-refractivity contribution in [3.05, 3.63) is 0 Å². The normalized spacial score (nSPS) is 12.3. The first kappa shape index (κ1) is 12.3. The molecule has 0 saturated carbocycles. The van der Waals surface area contributed by atoms with Gasteiger partial charge in [0.05, 0.1) is 10.4 Å². The molecule has 2 nitrogen and oxygen atoms in total. The summed E-state index contributed by atoms with van der Waals surface area (Å²) >= 11 is 0. The predicted molar refractivity (Wildman–Crippen MR) is 55.6 cm³/mol. The number of rotatable bonds is 3. The van der Waals surface area contributed by atoms with Gasteiger partial charge in [0.25, 0.3) is 0 Å². The van der Waals surface area contributed by atoms with Gasteiger partial charge in [-0.2, -0.15) is 0 Å². The summed E-state index contributed by atoms with van der Waals surface area (Å²) in [6.45, 7) is 3.32. The highest BCUT2D eigenvalue weighted by Gasteiger charge is 1.90. The number of nitrogens with two attached hydrogens (primary N) is 2. The molecular weight excluding hydrogens is 160 g/mol. The quantitative estimate of drug-likeness (QED) is 0.464. The molecule has 0 aliphatic carbocycles. The fourth-order valence-corrected chi connectivity index (χ4v) is 2.80. The van der Waals surface area contributed by atoms with Gasteiger partial charge in [0.2, 0.25) is 0 Å². The zero-order valence-corrected chi connectivity index (χ0v) is 12.0. The second kappa shape index (κ2) is 11.4. The predicted octanol–water partition coefficient (Wildman–Crippen LogP) is -2.72. The smallest absolute Gasteiger partial charge is 0.0716 e. The third-order valence-electron chi connectivity index (χ3n) is 0.986. The van der Waals surface area contributed by atoms with Crippen molar-refractivity contribution in [1.29, 1.82) is 0 Å². The maximum Gasteiger partial charge on any atom is 0.0716 e. The summed E-state index contributed by atoms with van der Waals surface area (Å²) < 4.78 is 0. The van der Waals surface area contributed by atoms with Crippen molar-refractivity contribution in [1.82, 2.24) is 0 Å². The van der Waals surface area contributed by atoms with Crippen molar-refractivity contribution in [2.24, 2.45) is 11.1 Å². The van der Waals surface area contributed by atoms with Gasteiger partial charge in [-0.15, -0.1) is 0 Å². The van der Waals surface area contributed by atoms with Crippen LogP contribution < -0.4 is 11.1 Å². The Hall–Kier alpha value is 0.571. The van der Waals surface area contributed by atoms with Crippen LogP contribution in [0.3, 0.4) is 0 Å². The molecular formula is C4H20N2Si3. The molecule has 0 fully saturated rings. The highest BCUT2D eigenvalue weighted by atomic mass is 29.1. The molecule has 0 bridgehead atoms. The molecule has 0 saturated heterocycles. The second-order valence-corrected chi connectivity index (χ2v) is 11.6. The van der Waals surface area contributed by atoms with Crippen LogP contribution >= 0.6 is 0 Å². The largest absolute Gasteiger partial charge is 0.358 e. The van der Waals surface area contributed by atoms with Crippen LogP contribution in [0.5, 0.6) is 0 Å². The molecule has 0 aromatic heterocycles. The molecule has 0 aromatic carbocycles. The summed E-state index contributed by atoms with van der Waals surface area (Å²) in [5.74, 6) is 0. The van der Waals surface area contributed by atoms with Crippen molar-refractivity contribution in [3.63, 3.8) is 0 Å². The van der Waals surface area contributed by atoms with E-state index in [0.717, 1.165) is 16.9 Å². The molecule has 9 heavy (non-hydrogen) atoms. The molecule has 0 aromatic rings. The molecule has 0 radical (unpaired) electrons. The fourth-order valence-electron chi connectivity index (χ4n) is 0.526. The van der Waals surface area contributed by atoms with Gasteiger partial charge >= 0.3 is 0 Å². The van der Waals surface area contributed by atoms with Crippen molar-refractivity contribution >= 4 is 28.5 Å². The lowest BCUT2D eigenvalue weighted by molar-refractivity contribution is 0.924. The molecule has 0 rings (SSSR count). The van der Waals surface area contributed by atoms with Crippen LogP contribution in [0.25, 0.3) is 0 Å². The van der Waals surface area contributed by atoms with E-state index >= 15 is 0 Å². The van der Waals surface area contributed by atoms with E-state index < -0.39 is 0 Å². The Morgan fingerprint density at radius 2 is 1.89 bits per heavy atom. The van der Waals surface area contributed by atoms with E-state index in [1.165, 1.54) is 22.2 Å². The van der Waals surface area contributed by atoms with Crippen LogP contribution in [-0.4, -0.2) is 35.0 Å². The van der Waals surface area contributed by atoms with Crippen LogP contribution in [0.4, 0.5) is 0 Å². The maximum atomic E-state index is 5.31. The minimum atomic E-state index is -0.129. The fraction of sp³-hybridized carbons (Fsp3) is 1.00. The molecule has 0 spiro atoms. The lowest BCUT2D eigenvalue weighted by Gasteiger charge is -1.97. The minimum absolute atomic E-state index is 0.129. The van der Waals surface area contributed by atoms with Gasteiger partial charge in [-0.1, -0.05) is 12.6 Å². The average Bonchev–Trinajstić information content (AvgIpc) is 1.88. The van der Waals surface area contributed by atoms with Crippen molar-refractivity contribution in [2.75, 3.05) is 6.54 Å². The summed E-state index contributed by atoms with van der Waals surface area (Å²) in [6, 6.07) is 1.47. The van der Waals surface area contributed by atoms with Crippen LogP contribution in [0, 0.1) is 0 Å². The zero-order chi connectivity index (χ0) is 7.70. The molecule has 1 atom stereocenters. The molecule has 0 aliphatic heterocycles. The highest BCUT2D eigenvalue weighted by molar-refractivity contribution is 7.02. The Labute approximate surface area is 65.7 Å². The summed E-state index contributed by atoms with van der Waals surface area (Å²) in [4.78, 5) is 0. The standard InChI is InChI=1S/C4H15NSi2.H5NSi/c1-7(6)4-2-3-5;1-2/h7H,2-5H2,1,6H3;1H2,2H3. The minimum Gasteiger partial charge on any atom is -0.358 e. The third-order valence-corrected chi connectivity index (χ3v) is 4.28. The van der Waals surface area contributed by atoms with Crippen LogP contribution in [0.1, 0.15) is 6.42 Å². The van der Waals surface area contributed by atoms with Crippen LogP contribution in [0.15, 0.2) is 0 Å².